The molecule has 178 valence electrons. The van der Waals surface area contributed by atoms with Crippen molar-refractivity contribution in [3.63, 3.8) is 0 Å². The molecule has 1 saturated carbocycles. The molecular weight excluding hydrogens is 412 g/mol. The molecule has 2 fully saturated rings. The Kier molecular flexibility index (Phi) is 6.18. The predicted octanol–water partition coefficient (Wildman–Crippen LogP) is 2.56. The van der Waals surface area contributed by atoms with Gasteiger partial charge in [0.1, 0.15) is 18.3 Å². The molecule has 0 bridgehead atoms. The molecular formula is C25H36O7. The van der Waals surface area contributed by atoms with Crippen molar-refractivity contribution in [1.82, 2.24) is 0 Å². The number of hydrogen-bond donors (Lipinski definition) is 4. The molecule has 32 heavy (non-hydrogen) atoms. The predicted molar refractivity (Wildman–Crippen MR) is 118 cm³/mol. The molecule has 8 unspecified atom stereocenters. The fourth-order valence-corrected chi connectivity index (χ4v) is 6.11. The summed E-state index contributed by atoms with van der Waals surface area (Å²) in [5, 5.41) is 40.1. The lowest BCUT2D eigenvalue weighted by Crippen LogP contribution is -2.56. The molecule has 3 aliphatic carbocycles. The van der Waals surface area contributed by atoms with E-state index in [0.29, 0.717) is 5.92 Å². The van der Waals surface area contributed by atoms with Crippen LogP contribution in [0.1, 0.15) is 53.4 Å². The lowest BCUT2D eigenvalue weighted by atomic mass is 9.54. The second-order valence-electron chi connectivity index (χ2n) is 10.8. The standard InChI is InChI=1S/C25H36O7/c1-13(2)15-7-8-24(3)9-10-25(4)16(19(15)24)6-5-14(22(29)30)11-18(25)32-23-21(28)20(27)17(26)12-31-23/h5-7,13,17-21,23,26-28H,8-12H2,1-4H3,(H,29,30). The highest BCUT2D eigenvalue weighted by Crippen LogP contribution is 2.63. The van der Waals surface area contributed by atoms with E-state index in [0.717, 1.165) is 19.3 Å². The number of carboxylic acids is 1. The van der Waals surface area contributed by atoms with Crippen molar-refractivity contribution < 1.29 is 34.7 Å². The van der Waals surface area contributed by atoms with Crippen LogP contribution in [0.2, 0.25) is 0 Å². The van der Waals surface area contributed by atoms with E-state index in [4.69, 9.17) is 9.47 Å². The van der Waals surface area contributed by atoms with Gasteiger partial charge in [-0.1, -0.05) is 57.1 Å². The number of aliphatic hydroxyl groups excluding tert-OH is 3. The monoisotopic (exact) mass is 448 g/mol. The Labute approximate surface area is 189 Å². The van der Waals surface area contributed by atoms with E-state index in [-0.39, 0.29) is 29.9 Å². The summed E-state index contributed by atoms with van der Waals surface area (Å²) in [5.74, 6) is -0.399. The molecule has 0 spiro atoms. The summed E-state index contributed by atoms with van der Waals surface area (Å²) in [7, 11) is 0. The van der Waals surface area contributed by atoms with Crippen molar-refractivity contribution in [1.29, 1.82) is 0 Å². The molecule has 4 rings (SSSR count). The summed E-state index contributed by atoms with van der Waals surface area (Å²) in [6.45, 7) is 8.69. The van der Waals surface area contributed by atoms with Crippen LogP contribution in [0.15, 0.2) is 34.9 Å². The zero-order valence-electron chi connectivity index (χ0n) is 19.3. The number of fused-ring (bicyclic) bond motifs is 3. The summed E-state index contributed by atoms with van der Waals surface area (Å²) in [6, 6.07) is 0. The van der Waals surface area contributed by atoms with Gasteiger partial charge in [0.05, 0.1) is 12.7 Å². The lowest BCUT2D eigenvalue weighted by Gasteiger charge is -2.53. The van der Waals surface area contributed by atoms with E-state index in [9.17, 15) is 25.2 Å². The molecule has 7 heteroatoms. The highest BCUT2D eigenvalue weighted by molar-refractivity contribution is 5.87. The minimum atomic E-state index is -1.42. The van der Waals surface area contributed by atoms with Gasteiger partial charge >= 0.3 is 5.97 Å². The van der Waals surface area contributed by atoms with Gasteiger partial charge in [-0.05, 0) is 30.6 Å². The highest BCUT2D eigenvalue weighted by atomic mass is 16.7. The number of rotatable bonds is 4. The number of hydrogen-bond acceptors (Lipinski definition) is 6. The molecule has 0 radical (unpaired) electrons. The number of carboxylic acid groups (broad SMARTS) is 1. The van der Waals surface area contributed by atoms with Gasteiger partial charge in [0.2, 0.25) is 0 Å². The summed E-state index contributed by atoms with van der Waals surface area (Å²) in [4.78, 5) is 12.0. The highest BCUT2D eigenvalue weighted by Gasteiger charge is 2.56. The van der Waals surface area contributed by atoms with E-state index in [1.54, 1.807) is 6.08 Å². The largest absolute Gasteiger partial charge is 0.478 e. The molecule has 1 aliphatic heterocycles. The zero-order chi connectivity index (χ0) is 23.4. The van der Waals surface area contributed by atoms with Gasteiger partial charge in [-0.2, -0.15) is 0 Å². The Balaban J connectivity index is 1.72. The summed E-state index contributed by atoms with van der Waals surface area (Å²) >= 11 is 0. The topological polar surface area (TPSA) is 116 Å². The average Bonchev–Trinajstić information content (AvgIpc) is 3.01. The molecule has 4 N–H and O–H groups in total. The van der Waals surface area contributed by atoms with Crippen molar-refractivity contribution in [2.45, 2.75) is 84.1 Å². The van der Waals surface area contributed by atoms with Gasteiger partial charge in [-0.3, -0.25) is 0 Å². The third kappa shape index (κ3) is 3.78. The summed E-state index contributed by atoms with van der Waals surface area (Å²) in [5.41, 5.74) is 2.45. The first-order chi connectivity index (χ1) is 15.0. The molecule has 0 aromatic carbocycles. The Morgan fingerprint density at radius 1 is 1.16 bits per heavy atom. The Morgan fingerprint density at radius 2 is 1.88 bits per heavy atom. The quantitative estimate of drug-likeness (QED) is 0.489. The van der Waals surface area contributed by atoms with E-state index in [1.807, 2.05) is 6.08 Å². The lowest BCUT2D eigenvalue weighted by molar-refractivity contribution is -0.291. The van der Waals surface area contributed by atoms with Gasteiger partial charge in [0.25, 0.3) is 0 Å². The Hall–Kier alpha value is -1.51. The van der Waals surface area contributed by atoms with Crippen LogP contribution < -0.4 is 0 Å². The van der Waals surface area contributed by atoms with Crippen LogP contribution in [-0.4, -0.2) is 63.7 Å². The van der Waals surface area contributed by atoms with E-state index in [1.165, 1.54) is 11.1 Å². The first-order valence-corrected chi connectivity index (χ1v) is 11.6. The number of allylic oxidation sites excluding steroid dienone is 4. The van der Waals surface area contributed by atoms with Crippen LogP contribution in [0, 0.1) is 22.7 Å². The fourth-order valence-electron chi connectivity index (χ4n) is 6.11. The third-order valence-electron chi connectivity index (χ3n) is 8.29. The molecule has 7 nitrogen and oxygen atoms in total. The van der Waals surface area contributed by atoms with Gasteiger partial charge in [-0.15, -0.1) is 0 Å². The van der Waals surface area contributed by atoms with Crippen LogP contribution in [0.25, 0.3) is 0 Å². The third-order valence-corrected chi connectivity index (χ3v) is 8.29. The van der Waals surface area contributed by atoms with Crippen LogP contribution >= 0.6 is 0 Å². The number of ether oxygens (including phenoxy) is 2. The van der Waals surface area contributed by atoms with E-state index < -0.39 is 42.1 Å². The van der Waals surface area contributed by atoms with E-state index >= 15 is 0 Å². The minimum Gasteiger partial charge on any atom is -0.478 e. The molecule has 8 atom stereocenters. The normalized spacial score (nSPS) is 44.2. The minimum absolute atomic E-state index is 0.0955. The van der Waals surface area contributed by atoms with Gasteiger partial charge < -0.3 is 29.9 Å². The van der Waals surface area contributed by atoms with Crippen molar-refractivity contribution in [2.24, 2.45) is 22.7 Å². The second kappa shape index (κ2) is 8.37. The van der Waals surface area contributed by atoms with Crippen LogP contribution in [0.5, 0.6) is 0 Å². The maximum absolute atomic E-state index is 12.0. The first kappa shape index (κ1) is 23.6. The molecule has 0 amide bonds. The zero-order valence-corrected chi connectivity index (χ0v) is 19.3. The van der Waals surface area contributed by atoms with Crippen molar-refractivity contribution >= 4 is 5.97 Å². The maximum atomic E-state index is 12.0. The molecule has 1 saturated heterocycles. The Morgan fingerprint density at radius 3 is 2.53 bits per heavy atom. The van der Waals surface area contributed by atoms with Crippen molar-refractivity contribution in [2.75, 3.05) is 6.61 Å². The van der Waals surface area contributed by atoms with Crippen LogP contribution in [-0.2, 0) is 14.3 Å². The smallest absolute Gasteiger partial charge is 0.331 e. The number of aliphatic hydroxyl groups is 3. The molecule has 1 heterocycles. The molecule has 0 aromatic heterocycles. The Bertz CT molecular complexity index is 858. The molecule has 0 aromatic rings. The van der Waals surface area contributed by atoms with Crippen LogP contribution in [0.4, 0.5) is 0 Å². The average molecular weight is 449 g/mol. The first-order valence-electron chi connectivity index (χ1n) is 11.6. The van der Waals surface area contributed by atoms with Crippen molar-refractivity contribution in [3.05, 3.63) is 34.9 Å². The van der Waals surface area contributed by atoms with Gasteiger partial charge in [-0.25, -0.2) is 4.79 Å². The number of aliphatic carboxylic acids is 1. The molecule has 4 aliphatic rings. The van der Waals surface area contributed by atoms with Crippen LogP contribution in [0.3, 0.4) is 0 Å². The maximum Gasteiger partial charge on any atom is 0.331 e. The number of carbonyl (C=O) groups is 1. The van der Waals surface area contributed by atoms with E-state index in [2.05, 4.69) is 33.8 Å². The SMILES string of the molecule is CC(C)C1=CCC2(C)CCC3(C)C(=CC=C(C(=O)O)CC3OC3OCC(O)C(O)C3O)C12. The van der Waals surface area contributed by atoms with Gasteiger partial charge in [0, 0.05) is 23.3 Å². The summed E-state index contributed by atoms with van der Waals surface area (Å²) in [6.07, 6.45) is 3.36. The van der Waals surface area contributed by atoms with Crippen molar-refractivity contribution in [3.8, 4) is 0 Å². The van der Waals surface area contributed by atoms with Gasteiger partial charge in [0.15, 0.2) is 6.29 Å². The fraction of sp³-hybridized carbons (Fsp3) is 0.720. The summed E-state index contributed by atoms with van der Waals surface area (Å²) < 4.78 is 11.8. The second-order valence-corrected chi connectivity index (χ2v) is 10.8.